The summed E-state index contributed by atoms with van der Waals surface area (Å²) in [6.07, 6.45) is 9.43. The normalized spacial score (nSPS) is 21.0. The molecular formula is C33H48N3O5P. The highest BCUT2D eigenvalue weighted by Gasteiger charge is 2.36. The van der Waals surface area contributed by atoms with Gasteiger partial charge in [-0.25, -0.2) is 4.98 Å². The van der Waals surface area contributed by atoms with E-state index in [1.54, 1.807) is 7.11 Å². The monoisotopic (exact) mass is 597 g/mol. The van der Waals surface area contributed by atoms with Crippen molar-refractivity contribution < 1.29 is 24.1 Å². The lowest BCUT2D eigenvalue weighted by Crippen LogP contribution is -2.34. The van der Waals surface area contributed by atoms with Gasteiger partial charge in [0.25, 0.3) is 0 Å². The number of likely N-dealkylation sites (tertiary alicyclic amines) is 1. The van der Waals surface area contributed by atoms with Gasteiger partial charge in [0.15, 0.2) is 0 Å². The first kappa shape index (κ1) is 31.2. The van der Waals surface area contributed by atoms with Crippen LogP contribution in [0.2, 0.25) is 0 Å². The number of anilines is 1. The number of carboxylic acids is 1. The van der Waals surface area contributed by atoms with Crippen LogP contribution >= 0.6 is 9.24 Å². The number of nitrogens with zero attached hydrogens (tertiary/aromatic N) is 2. The maximum Gasteiger partial charge on any atom is 0.325 e. The summed E-state index contributed by atoms with van der Waals surface area (Å²) in [5.74, 6) is 2.21. The van der Waals surface area contributed by atoms with Crippen LogP contribution in [0.5, 0.6) is 5.75 Å². The van der Waals surface area contributed by atoms with E-state index in [1.165, 1.54) is 5.56 Å². The molecule has 1 unspecified atom stereocenters. The number of carbonyl (C=O) groups is 1. The van der Waals surface area contributed by atoms with Gasteiger partial charge in [-0.15, -0.1) is 9.24 Å². The highest BCUT2D eigenvalue weighted by molar-refractivity contribution is 7.27. The summed E-state index contributed by atoms with van der Waals surface area (Å²) >= 11 is 0. The molecule has 42 heavy (non-hydrogen) atoms. The number of carboxylic acid groups (broad SMARTS) is 1. The van der Waals surface area contributed by atoms with Crippen LogP contribution in [0.3, 0.4) is 0 Å². The van der Waals surface area contributed by atoms with Crippen LogP contribution in [0.25, 0.3) is 0 Å². The van der Waals surface area contributed by atoms with Crippen molar-refractivity contribution in [3.05, 3.63) is 46.6 Å². The highest BCUT2D eigenvalue weighted by atomic mass is 31.0. The molecule has 2 N–H and O–H groups in total. The summed E-state index contributed by atoms with van der Waals surface area (Å²) in [5, 5.41) is 14.8. The predicted octanol–water partition coefficient (Wildman–Crippen LogP) is 5.14. The van der Waals surface area contributed by atoms with Crippen LogP contribution in [-0.4, -0.2) is 67.0 Å². The number of unbranched alkanes of at least 4 members (excludes halogenated alkanes) is 1. The van der Waals surface area contributed by atoms with Gasteiger partial charge in [0.1, 0.15) is 17.6 Å². The molecule has 0 bridgehead atoms. The van der Waals surface area contributed by atoms with E-state index in [1.807, 2.05) is 18.2 Å². The number of pyridine rings is 1. The first-order valence-electron chi connectivity index (χ1n) is 15.8. The molecule has 4 heterocycles. The lowest BCUT2D eigenvalue weighted by atomic mass is 9.88. The third-order valence-electron chi connectivity index (χ3n) is 9.36. The van der Waals surface area contributed by atoms with E-state index >= 15 is 0 Å². The van der Waals surface area contributed by atoms with Crippen molar-refractivity contribution in [1.82, 2.24) is 9.88 Å². The molecule has 230 valence electrons. The second-order valence-electron chi connectivity index (χ2n) is 12.3. The molecule has 4 atom stereocenters. The quantitative estimate of drug-likeness (QED) is 0.242. The van der Waals surface area contributed by atoms with Gasteiger partial charge in [0, 0.05) is 43.6 Å². The molecule has 8 nitrogen and oxygen atoms in total. The fourth-order valence-electron chi connectivity index (χ4n) is 6.83. The average molecular weight is 598 g/mol. The summed E-state index contributed by atoms with van der Waals surface area (Å²) < 4.78 is 17.3. The molecule has 3 aliphatic heterocycles. The van der Waals surface area contributed by atoms with Crippen LogP contribution in [0.1, 0.15) is 80.3 Å². The van der Waals surface area contributed by atoms with Gasteiger partial charge in [-0.1, -0.05) is 31.9 Å². The van der Waals surface area contributed by atoms with Crippen molar-refractivity contribution in [2.75, 3.05) is 45.3 Å². The van der Waals surface area contributed by atoms with Crippen LogP contribution < -0.4 is 15.4 Å². The third-order valence-corrected chi connectivity index (χ3v) is 9.72. The van der Waals surface area contributed by atoms with Crippen molar-refractivity contribution in [3.63, 3.8) is 0 Å². The Labute approximate surface area is 253 Å². The van der Waals surface area contributed by atoms with Crippen LogP contribution in [0, 0.1) is 11.8 Å². The second-order valence-corrected chi connectivity index (χ2v) is 12.9. The number of benzene rings is 1. The van der Waals surface area contributed by atoms with E-state index in [-0.39, 0.29) is 6.10 Å². The Morgan fingerprint density at radius 3 is 2.86 bits per heavy atom. The minimum Gasteiger partial charge on any atom is -0.496 e. The standard InChI is InChI=1S/C33H48N3O5P/c1-22(6-3-4-7-25-18-30(39-2)28-8-5-14-34-32(28)35-25)23-11-15-36(20-23)31(33(37)38)29-19-27(42)10-9-24(29)21-41-26-12-16-40-17-13-26/h9-10,18-19,22-23,26,31H,3-8,11-17,20-21,42H2,1-2H3,(H,34,35)(H,37,38)/t22-,23-,31+/m1/s1. The maximum absolute atomic E-state index is 12.7. The van der Waals surface area contributed by atoms with Crippen molar-refractivity contribution >= 4 is 26.3 Å². The Kier molecular flexibility index (Phi) is 11.1. The topological polar surface area (TPSA) is 93.2 Å². The molecular weight excluding hydrogens is 549 g/mol. The van der Waals surface area contributed by atoms with Gasteiger partial charge in [-0.05, 0) is 85.8 Å². The van der Waals surface area contributed by atoms with Crippen molar-refractivity contribution in [3.8, 4) is 5.75 Å². The van der Waals surface area contributed by atoms with Crippen LogP contribution in [0.15, 0.2) is 24.3 Å². The number of aryl methyl sites for hydroxylation is 1. The van der Waals surface area contributed by atoms with Gasteiger partial charge >= 0.3 is 5.97 Å². The molecule has 0 aliphatic carbocycles. The zero-order chi connectivity index (χ0) is 29.5. The van der Waals surface area contributed by atoms with Crippen molar-refractivity contribution in [2.45, 2.75) is 83.5 Å². The molecule has 1 aromatic heterocycles. The first-order valence-corrected chi connectivity index (χ1v) is 16.4. The fraction of sp³-hybridized carbons (Fsp3) is 0.636. The summed E-state index contributed by atoms with van der Waals surface area (Å²) in [4.78, 5) is 19.7. The van der Waals surface area contributed by atoms with E-state index in [9.17, 15) is 9.90 Å². The van der Waals surface area contributed by atoms with E-state index in [4.69, 9.17) is 19.2 Å². The number of hydrogen-bond acceptors (Lipinski definition) is 7. The Bertz CT molecular complexity index is 1190. The molecule has 5 rings (SSSR count). The van der Waals surface area contributed by atoms with E-state index in [0.29, 0.717) is 18.4 Å². The molecule has 0 radical (unpaired) electrons. The van der Waals surface area contributed by atoms with Crippen LogP contribution in [0.4, 0.5) is 5.82 Å². The number of aromatic nitrogens is 1. The molecule has 9 heteroatoms. The second kappa shape index (κ2) is 15.0. The van der Waals surface area contributed by atoms with Gasteiger partial charge in [0.05, 0.1) is 19.8 Å². The summed E-state index contributed by atoms with van der Waals surface area (Å²) in [6.45, 7) is 6.82. The van der Waals surface area contributed by atoms with E-state index in [0.717, 1.165) is 124 Å². The number of hydrogen-bond donors (Lipinski definition) is 2. The predicted molar refractivity (Wildman–Crippen MR) is 169 cm³/mol. The average Bonchev–Trinajstić information content (AvgIpc) is 3.48. The summed E-state index contributed by atoms with van der Waals surface area (Å²) in [6, 6.07) is 7.53. The minimum atomic E-state index is -0.784. The largest absolute Gasteiger partial charge is 0.496 e. The Morgan fingerprint density at radius 1 is 1.24 bits per heavy atom. The number of nitrogens with one attached hydrogen (secondary N) is 1. The minimum absolute atomic E-state index is 0.171. The molecule has 0 spiro atoms. The van der Waals surface area contributed by atoms with Gasteiger partial charge in [0.2, 0.25) is 0 Å². The smallest absolute Gasteiger partial charge is 0.325 e. The molecule has 1 aromatic carbocycles. The Morgan fingerprint density at radius 2 is 2.07 bits per heavy atom. The van der Waals surface area contributed by atoms with Gasteiger partial charge < -0.3 is 24.6 Å². The lowest BCUT2D eigenvalue weighted by Gasteiger charge is -2.28. The van der Waals surface area contributed by atoms with E-state index in [2.05, 4.69) is 32.4 Å². The molecule has 0 saturated carbocycles. The fourth-order valence-corrected chi connectivity index (χ4v) is 7.10. The van der Waals surface area contributed by atoms with Gasteiger partial charge in [-0.3, -0.25) is 9.69 Å². The number of rotatable bonds is 13. The summed E-state index contributed by atoms with van der Waals surface area (Å²) in [7, 11) is 4.47. The SMILES string of the molecule is COc1cc(CCCC[C@@H](C)[C@@H]2CCN([C@H](C(=O)O)c3cc(P)ccc3COC3CCOCC3)C2)nc2c1CCCN2. The van der Waals surface area contributed by atoms with Gasteiger partial charge in [-0.2, -0.15) is 0 Å². The number of methoxy groups -OCH3 is 1. The number of fused-ring (bicyclic) bond motifs is 1. The third kappa shape index (κ3) is 7.82. The van der Waals surface area contributed by atoms with Crippen molar-refractivity contribution in [2.24, 2.45) is 11.8 Å². The Balaban J connectivity index is 1.15. The zero-order valence-corrected chi connectivity index (χ0v) is 26.4. The van der Waals surface area contributed by atoms with Crippen molar-refractivity contribution in [1.29, 1.82) is 0 Å². The molecule has 0 amide bonds. The molecule has 2 fully saturated rings. The van der Waals surface area contributed by atoms with Crippen LogP contribution in [-0.2, 0) is 33.7 Å². The first-order chi connectivity index (χ1) is 20.4. The lowest BCUT2D eigenvalue weighted by molar-refractivity contribution is -0.143. The molecule has 2 aromatic rings. The Hall–Kier alpha value is -2.25. The molecule has 2 saturated heterocycles. The van der Waals surface area contributed by atoms with E-state index < -0.39 is 12.0 Å². The number of ether oxygens (including phenoxy) is 3. The highest BCUT2D eigenvalue weighted by Crippen LogP contribution is 2.35. The maximum atomic E-state index is 12.7. The number of aliphatic carboxylic acids is 1. The molecule has 3 aliphatic rings. The zero-order valence-electron chi connectivity index (χ0n) is 25.3. The summed E-state index contributed by atoms with van der Waals surface area (Å²) in [5.41, 5.74) is 4.13.